The van der Waals surface area contributed by atoms with Gasteiger partial charge < -0.3 is 5.73 Å². The molecule has 1 aromatic heterocycles. The summed E-state index contributed by atoms with van der Waals surface area (Å²) in [6.07, 6.45) is 0. The van der Waals surface area contributed by atoms with Crippen molar-refractivity contribution in [2.24, 2.45) is 5.73 Å². The van der Waals surface area contributed by atoms with Crippen molar-refractivity contribution in [3.05, 3.63) is 35.0 Å². The minimum atomic E-state index is 0.469. The van der Waals surface area contributed by atoms with Gasteiger partial charge in [-0.05, 0) is 19.1 Å². The summed E-state index contributed by atoms with van der Waals surface area (Å²) in [7, 11) is 0. The second kappa shape index (κ2) is 3.71. The zero-order chi connectivity index (χ0) is 10.8. The van der Waals surface area contributed by atoms with E-state index in [2.05, 4.69) is 11.1 Å². The van der Waals surface area contributed by atoms with Crippen LogP contribution in [-0.4, -0.2) is 4.98 Å². The zero-order valence-corrected chi connectivity index (χ0v) is 9.01. The van der Waals surface area contributed by atoms with Crippen LogP contribution in [0.4, 0.5) is 0 Å². The van der Waals surface area contributed by atoms with Gasteiger partial charge in [0.25, 0.3) is 0 Å². The molecule has 2 aromatic rings. The molecule has 1 heterocycles. The number of hydrogen-bond acceptors (Lipinski definition) is 4. The zero-order valence-electron chi connectivity index (χ0n) is 8.19. The van der Waals surface area contributed by atoms with E-state index in [-0.39, 0.29) is 0 Å². The third kappa shape index (κ3) is 1.69. The van der Waals surface area contributed by atoms with Gasteiger partial charge in [-0.1, -0.05) is 12.1 Å². The topological polar surface area (TPSA) is 62.7 Å². The highest BCUT2D eigenvalue weighted by molar-refractivity contribution is 7.19. The number of nitrogens with zero attached hydrogens (tertiary/aromatic N) is 2. The van der Waals surface area contributed by atoms with E-state index in [9.17, 15) is 0 Å². The Bertz CT molecular complexity index is 538. The number of hydrogen-bond donors (Lipinski definition) is 1. The molecule has 3 nitrogen and oxygen atoms in total. The third-order valence-corrected chi connectivity index (χ3v) is 3.07. The maximum Gasteiger partial charge on any atom is 0.136 e. The molecule has 0 spiro atoms. The molecule has 4 heteroatoms. The minimum Gasteiger partial charge on any atom is -0.401 e. The molecular formula is C11H9N3S. The van der Waals surface area contributed by atoms with E-state index in [0.29, 0.717) is 16.3 Å². The predicted octanol–water partition coefficient (Wildman–Crippen LogP) is 2.51. The number of fused-ring (bicyclic) bond motifs is 1. The van der Waals surface area contributed by atoms with Crippen molar-refractivity contribution in [3.63, 3.8) is 0 Å². The number of benzene rings is 1. The van der Waals surface area contributed by atoms with Crippen LogP contribution in [0.15, 0.2) is 30.0 Å². The summed E-state index contributed by atoms with van der Waals surface area (Å²) in [5, 5.41) is 9.65. The number of allylic oxidation sites excluding steroid dienone is 2. The summed E-state index contributed by atoms with van der Waals surface area (Å²) in [5.74, 6) is 0. The summed E-state index contributed by atoms with van der Waals surface area (Å²) in [4.78, 5) is 4.36. The lowest BCUT2D eigenvalue weighted by atomic mass is 10.2. The lowest BCUT2D eigenvalue weighted by Gasteiger charge is -1.93. The summed E-state index contributed by atoms with van der Waals surface area (Å²) in [6, 6.07) is 9.87. The summed E-state index contributed by atoms with van der Waals surface area (Å²) in [6.45, 7) is 1.71. The number of rotatable bonds is 1. The number of nitrogens with two attached hydrogens (primary N) is 1. The van der Waals surface area contributed by atoms with Gasteiger partial charge in [-0.3, -0.25) is 0 Å². The van der Waals surface area contributed by atoms with E-state index < -0.39 is 0 Å². The Hall–Kier alpha value is -1.86. The standard InChI is InChI=1S/C11H9N3S/c1-7(13)8(6-12)11-14-9-4-2-3-5-10(9)15-11/h2-5H,13H2,1H3. The van der Waals surface area contributed by atoms with Gasteiger partial charge in [0.05, 0.1) is 10.2 Å². The van der Waals surface area contributed by atoms with Crippen LogP contribution in [0.2, 0.25) is 0 Å². The molecule has 0 aliphatic heterocycles. The van der Waals surface area contributed by atoms with Gasteiger partial charge in [-0.25, -0.2) is 4.98 Å². The highest BCUT2D eigenvalue weighted by Gasteiger charge is 2.09. The van der Waals surface area contributed by atoms with E-state index in [1.165, 1.54) is 11.3 Å². The van der Waals surface area contributed by atoms with Gasteiger partial charge in [0, 0.05) is 5.70 Å². The molecule has 0 amide bonds. The van der Waals surface area contributed by atoms with E-state index in [0.717, 1.165) is 10.2 Å². The maximum atomic E-state index is 8.95. The Labute approximate surface area is 91.5 Å². The van der Waals surface area contributed by atoms with Crippen molar-refractivity contribution >= 4 is 27.1 Å². The SMILES string of the molecule is CC(N)=C(C#N)c1nc2ccccc2s1. The highest BCUT2D eigenvalue weighted by atomic mass is 32.1. The molecule has 2 N–H and O–H groups in total. The van der Waals surface area contributed by atoms with Gasteiger partial charge >= 0.3 is 0 Å². The smallest absolute Gasteiger partial charge is 0.136 e. The van der Waals surface area contributed by atoms with Crippen LogP contribution in [0.1, 0.15) is 11.9 Å². The van der Waals surface area contributed by atoms with Crippen molar-refractivity contribution in [2.45, 2.75) is 6.92 Å². The van der Waals surface area contributed by atoms with E-state index in [1.54, 1.807) is 6.92 Å². The van der Waals surface area contributed by atoms with E-state index >= 15 is 0 Å². The number of aromatic nitrogens is 1. The molecule has 0 unspecified atom stereocenters. The van der Waals surface area contributed by atoms with Crippen molar-refractivity contribution in [3.8, 4) is 6.07 Å². The van der Waals surface area contributed by atoms with E-state index in [4.69, 9.17) is 11.0 Å². The van der Waals surface area contributed by atoms with Gasteiger partial charge in [-0.15, -0.1) is 11.3 Å². The molecule has 1 aromatic carbocycles. The molecule has 74 valence electrons. The normalized spacial score (nSPS) is 12.3. The molecule has 0 atom stereocenters. The summed E-state index contributed by atoms with van der Waals surface area (Å²) >= 11 is 1.49. The lowest BCUT2D eigenvalue weighted by molar-refractivity contribution is 1.30. The molecule has 0 aliphatic carbocycles. The highest BCUT2D eigenvalue weighted by Crippen LogP contribution is 2.27. The van der Waals surface area contributed by atoms with E-state index in [1.807, 2.05) is 24.3 Å². The first-order valence-electron chi connectivity index (χ1n) is 4.45. The lowest BCUT2D eigenvalue weighted by Crippen LogP contribution is -1.95. The second-order valence-electron chi connectivity index (χ2n) is 3.16. The van der Waals surface area contributed by atoms with Crippen LogP contribution in [-0.2, 0) is 0 Å². The Morgan fingerprint density at radius 1 is 1.47 bits per heavy atom. The van der Waals surface area contributed by atoms with Gasteiger partial charge in [0.15, 0.2) is 0 Å². The number of nitriles is 1. The summed E-state index contributed by atoms with van der Waals surface area (Å²) in [5.41, 5.74) is 7.51. The second-order valence-corrected chi connectivity index (χ2v) is 4.19. The van der Waals surface area contributed by atoms with Gasteiger partial charge in [0.1, 0.15) is 16.6 Å². The molecule has 0 saturated carbocycles. The Morgan fingerprint density at radius 2 is 2.20 bits per heavy atom. The molecule has 2 rings (SSSR count). The minimum absolute atomic E-state index is 0.469. The summed E-state index contributed by atoms with van der Waals surface area (Å²) < 4.78 is 1.07. The average Bonchev–Trinajstić information content (AvgIpc) is 2.61. The third-order valence-electron chi connectivity index (χ3n) is 2.01. The van der Waals surface area contributed by atoms with Crippen molar-refractivity contribution < 1.29 is 0 Å². The molecule has 0 radical (unpaired) electrons. The number of thiazole rings is 1. The fourth-order valence-electron chi connectivity index (χ4n) is 1.28. The van der Waals surface area contributed by atoms with Crippen LogP contribution in [0.5, 0.6) is 0 Å². The Kier molecular flexibility index (Phi) is 2.40. The van der Waals surface area contributed by atoms with Crippen LogP contribution >= 0.6 is 11.3 Å². The fourth-order valence-corrected chi connectivity index (χ4v) is 2.31. The molecule has 0 aliphatic rings. The molecule has 0 fully saturated rings. The molecular weight excluding hydrogens is 206 g/mol. The van der Waals surface area contributed by atoms with Crippen LogP contribution in [0.3, 0.4) is 0 Å². The fraction of sp³-hybridized carbons (Fsp3) is 0.0909. The maximum absolute atomic E-state index is 8.95. The Balaban J connectivity index is 2.65. The molecule has 0 saturated heterocycles. The first kappa shape index (κ1) is 9.69. The predicted molar refractivity (Wildman–Crippen MR) is 62.0 cm³/mol. The quantitative estimate of drug-likeness (QED) is 0.743. The monoisotopic (exact) mass is 215 g/mol. The van der Waals surface area contributed by atoms with Crippen molar-refractivity contribution in [2.75, 3.05) is 0 Å². The van der Waals surface area contributed by atoms with Crippen molar-refractivity contribution in [1.82, 2.24) is 4.98 Å². The molecule has 0 bridgehead atoms. The first-order chi connectivity index (χ1) is 7.22. The van der Waals surface area contributed by atoms with Crippen LogP contribution in [0.25, 0.3) is 15.8 Å². The number of para-hydroxylation sites is 1. The molecule has 15 heavy (non-hydrogen) atoms. The first-order valence-corrected chi connectivity index (χ1v) is 5.26. The van der Waals surface area contributed by atoms with Crippen LogP contribution in [0, 0.1) is 11.3 Å². The van der Waals surface area contributed by atoms with Crippen LogP contribution < -0.4 is 5.73 Å². The van der Waals surface area contributed by atoms with Crippen molar-refractivity contribution in [1.29, 1.82) is 5.26 Å². The largest absolute Gasteiger partial charge is 0.401 e. The van der Waals surface area contributed by atoms with Gasteiger partial charge in [0.2, 0.25) is 0 Å². The Morgan fingerprint density at radius 3 is 2.80 bits per heavy atom. The average molecular weight is 215 g/mol. The van der Waals surface area contributed by atoms with Gasteiger partial charge in [-0.2, -0.15) is 5.26 Å².